The predicted molar refractivity (Wildman–Crippen MR) is 48.8 cm³/mol. The highest BCUT2D eigenvalue weighted by Crippen LogP contribution is 2.09. The number of alkyl halides is 2. The molecule has 1 N–H and O–H groups in total. The van der Waals surface area contributed by atoms with Crippen LogP contribution in [0.4, 0.5) is 13.2 Å². The van der Waals surface area contributed by atoms with Crippen molar-refractivity contribution < 1.29 is 13.2 Å². The molecular weight excluding hydrogens is 191 g/mol. The lowest BCUT2D eigenvalue weighted by molar-refractivity contribution is 0.145. The normalized spacial score (nSPS) is 10.9. The SMILES string of the molecule is Cc1ccc(F)c(CNCC(F)F)c1. The molecule has 0 unspecified atom stereocenters. The van der Waals surface area contributed by atoms with E-state index in [2.05, 4.69) is 5.32 Å². The molecule has 0 atom stereocenters. The van der Waals surface area contributed by atoms with Crippen LogP contribution in [0.25, 0.3) is 0 Å². The third-order valence-electron chi connectivity index (χ3n) is 1.82. The quantitative estimate of drug-likeness (QED) is 0.792. The highest BCUT2D eigenvalue weighted by Gasteiger charge is 2.04. The van der Waals surface area contributed by atoms with Crippen LogP contribution in [0.3, 0.4) is 0 Å². The maximum Gasteiger partial charge on any atom is 0.250 e. The predicted octanol–water partition coefficient (Wildman–Crippen LogP) is 2.49. The largest absolute Gasteiger partial charge is 0.307 e. The number of aryl methyl sites for hydroxylation is 1. The van der Waals surface area contributed by atoms with Crippen molar-refractivity contribution in [3.8, 4) is 0 Å². The molecule has 14 heavy (non-hydrogen) atoms. The molecule has 0 aromatic heterocycles. The standard InChI is InChI=1S/C10H12F3N/c1-7-2-3-9(11)8(4-7)5-14-6-10(12)13/h2-4,10,14H,5-6H2,1H3. The van der Waals surface area contributed by atoms with E-state index < -0.39 is 13.0 Å². The zero-order valence-corrected chi connectivity index (χ0v) is 7.86. The Morgan fingerprint density at radius 2 is 2.07 bits per heavy atom. The second-order valence-electron chi connectivity index (χ2n) is 3.12. The van der Waals surface area contributed by atoms with Gasteiger partial charge in [-0.25, -0.2) is 13.2 Å². The van der Waals surface area contributed by atoms with Gasteiger partial charge in [-0.2, -0.15) is 0 Å². The number of rotatable bonds is 4. The summed E-state index contributed by atoms with van der Waals surface area (Å²) in [5.41, 5.74) is 1.34. The highest BCUT2D eigenvalue weighted by molar-refractivity contribution is 5.23. The van der Waals surface area contributed by atoms with Crippen molar-refractivity contribution in [1.82, 2.24) is 5.32 Å². The molecule has 0 radical (unpaired) electrons. The average molecular weight is 203 g/mol. The fourth-order valence-electron chi connectivity index (χ4n) is 1.15. The number of hydrogen-bond acceptors (Lipinski definition) is 1. The first-order valence-electron chi connectivity index (χ1n) is 4.33. The molecule has 0 aliphatic rings. The molecule has 1 aromatic carbocycles. The van der Waals surface area contributed by atoms with Gasteiger partial charge >= 0.3 is 0 Å². The van der Waals surface area contributed by atoms with Crippen molar-refractivity contribution in [3.63, 3.8) is 0 Å². The molecule has 0 aliphatic heterocycles. The molecule has 1 nitrogen and oxygen atoms in total. The van der Waals surface area contributed by atoms with Crippen molar-refractivity contribution in [2.45, 2.75) is 19.9 Å². The first kappa shape index (κ1) is 11.0. The van der Waals surface area contributed by atoms with Crippen molar-refractivity contribution in [2.24, 2.45) is 0 Å². The number of benzene rings is 1. The summed E-state index contributed by atoms with van der Waals surface area (Å²) in [7, 11) is 0. The number of nitrogens with one attached hydrogen (secondary N) is 1. The molecular formula is C10H12F3N. The van der Waals surface area contributed by atoms with E-state index in [1.54, 1.807) is 12.1 Å². The molecule has 0 saturated carbocycles. The Kier molecular flexibility index (Phi) is 3.95. The first-order valence-corrected chi connectivity index (χ1v) is 4.33. The smallest absolute Gasteiger partial charge is 0.250 e. The number of hydrogen-bond donors (Lipinski definition) is 1. The van der Waals surface area contributed by atoms with E-state index in [4.69, 9.17) is 0 Å². The Hall–Kier alpha value is -1.03. The van der Waals surface area contributed by atoms with Crippen LogP contribution in [0, 0.1) is 12.7 Å². The fourth-order valence-corrected chi connectivity index (χ4v) is 1.15. The van der Waals surface area contributed by atoms with E-state index in [9.17, 15) is 13.2 Å². The van der Waals surface area contributed by atoms with Crippen LogP contribution in [0.1, 0.15) is 11.1 Å². The van der Waals surface area contributed by atoms with Crippen LogP contribution < -0.4 is 5.32 Å². The molecule has 0 amide bonds. The molecule has 0 bridgehead atoms. The molecule has 0 saturated heterocycles. The van der Waals surface area contributed by atoms with Gasteiger partial charge in [-0.15, -0.1) is 0 Å². The van der Waals surface area contributed by atoms with E-state index in [-0.39, 0.29) is 12.4 Å². The summed E-state index contributed by atoms with van der Waals surface area (Å²) in [5, 5.41) is 2.48. The van der Waals surface area contributed by atoms with E-state index in [1.165, 1.54) is 6.07 Å². The molecule has 1 aromatic rings. The monoisotopic (exact) mass is 203 g/mol. The van der Waals surface area contributed by atoms with Gasteiger partial charge in [0, 0.05) is 12.1 Å². The lowest BCUT2D eigenvalue weighted by atomic mass is 10.1. The number of halogens is 3. The lowest BCUT2D eigenvalue weighted by Gasteiger charge is -2.06. The van der Waals surface area contributed by atoms with Crippen LogP contribution in [-0.2, 0) is 6.54 Å². The molecule has 78 valence electrons. The van der Waals surface area contributed by atoms with E-state index in [1.807, 2.05) is 6.92 Å². The summed E-state index contributed by atoms with van der Waals surface area (Å²) < 4.78 is 36.6. The van der Waals surface area contributed by atoms with Gasteiger partial charge in [-0.1, -0.05) is 17.7 Å². The third-order valence-corrected chi connectivity index (χ3v) is 1.82. The Bertz CT molecular complexity index is 299. The van der Waals surface area contributed by atoms with Crippen molar-refractivity contribution >= 4 is 0 Å². The maximum atomic E-state index is 13.1. The molecule has 4 heteroatoms. The fraction of sp³-hybridized carbons (Fsp3) is 0.400. The van der Waals surface area contributed by atoms with Crippen LogP contribution in [0.2, 0.25) is 0 Å². The Balaban J connectivity index is 2.53. The summed E-state index contributed by atoms with van der Waals surface area (Å²) >= 11 is 0. The van der Waals surface area contributed by atoms with E-state index in [0.717, 1.165) is 5.56 Å². The highest BCUT2D eigenvalue weighted by atomic mass is 19.3. The minimum Gasteiger partial charge on any atom is -0.307 e. The summed E-state index contributed by atoms with van der Waals surface area (Å²) in [6.45, 7) is 1.56. The van der Waals surface area contributed by atoms with Gasteiger partial charge in [-0.05, 0) is 13.0 Å². The molecule has 1 rings (SSSR count). The Morgan fingerprint density at radius 3 is 2.71 bits per heavy atom. The summed E-state index contributed by atoms with van der Waals surface area (Å²) in [6, 6.07) is 4.63. The van der Waals surface area contributed by atoms with Crippen molar-refractivity contribution in [2.75, 3.05) is 6.54 Å². The molecule has 0 heterocycles. The van der Waals surface area contributed by atoms with Gasteiger partial charge in [0.2, 0.25) is 0 Å². The zero-order valence-electron chi connectivity index (χ0n) is 7.86. The van der Waals surface area contributed by atoms with Gasteiger partial charge in [0.05, 0.1) is 6.54 Å². The lowest BCUT2D eigenvalue weighted by Crippen LogP contribution is -2.21. The van der Waals surface area contributed by atoms with Crippen LogP contribution in [-0.4, -0.2) is 13.0 Å². The third kappa shape index (κ3) is 3.38. The van der Waals surface area contributed by atoms with Crippen LogP contribution >= 0.6 is 0 Å². The topological polar surface area (TPSA) is 12.0 Å². The van der Waals surface area contributed by atoms with Crippen LogP contribution in [0.15, 0.2) is 18.2 Å². The summed E-state index contributed by atoms with van der Waals surface area (Å²) in [5.74, 6) is -0.364. The van der Waals surface area contributed by atoms with Crippen molar-refractivity contribution in [3.05, 3.63) is 35.1 Å². The Labute approximate surface area is 80.9 Å². The van der Waals surface area contributed by atoms with Gasteiger partial charge in [0.1, 0.15) is 5.82 Å². The zero-order chi connectivity index (χ0) is 10.6. The molecule has 0 spiro atoms. The molecule has 0 aliphatic carbocycles. The van der Waals surface area contributed by atoms with E-state index in [0.29, 0.717) is 5.56 Å². The minimum absolute atomic E-state index is 0.137. The summed E-state index contributed by atoms with van der Waals surface area (Å²) in [4.78, 5) is 0. The first-order chi connectivity index (χ1) is 6.59. The average Bonchev–Trinajstić information content (AvgIpc) is 2.10. The molecule has 0 fully saturated rings. The second-order valence-corrected chi connectivity index (χ2v) is 3.12. The van der Waals surface area contributed by atoms with Gasteiger partial charge < -0.3 is 5.32 Å². The van der Waals surface area contributed by atoms with Gasteiger partial charge in [-0.3, -0.25) is 0 Å². The minimum atomic E-state index is -2.40. The Morgan fingerprint density at radius 1 is 1.36 bits per heavy atom. The van der Waals surface area contributed by atoms with E-state index >= 15 is 0 Å². The second kappa shape index (κ2) is 5.00. The van der Waals surface area contributed by atoms with Gasteiger partial charge in [0.25, 0.3) is 6.43 Å². The van der Waals surface area contributed by atoms with Crippen molar-refractivity contribution in [1.29, 1.82) is 0 Å². The maximum absolute atomic E-state index is 13.1. The van der Waals surface area contributed by atoms with Crippen LogP contribution in [0.5, 0.6) is 0 Å². The van der Waals surface area contributed by atoms with Gasteiger partial charge in [0.15, 0.2) is 0 Å². The summed E-state index contributed by atoms with van der Waals surface area (Å²) in [6.07, 6.45) is -2.40.